The molecule has 2 aliphatic heterocycles. The van der Waals surface area contributed by atoms with Gasteiger partial charge in [0.25, 0.3) is 5.91 Å². The molecule has 0 saturated carbocycles. The molecule has 5 rings (SSSR count). The molecule has 3 atom stereocenters. The van der Waals surface area contributed by atoms with Gasteiger partial charge in [0.05, 0.1) is 6.04 Å². The van der Waals surface area contributed by atoms with Gasteiger partial charge >= 0.3 is 0 Å². The summed E-state index contributed by atoms with van der Waals surface area (Å²) in [6, 6.07) is 25.4. The molecule has 0 aromatic heterocycles. The number of likely N-dealkylation sites (tertiary alicyclic amines) is 1. The molecule has 4 heteroatoms. The first-order valence-electron chi connectivity index (χ1n) is 10.2. The summed E-state index contributed by atoms with van der Waals surface area (Å²) in [5, 5.41) is 13.0. The smallest absolute Gasteiger partial charge is 0.254 e. The summed E-state index contributed by atoms with van der Waals surface area (Å²) in [6.45, 7) is 2.75. The van der Waals surface area contributed by atoms with Crippen LogP contribution in [0.4, 0.5) is 0 Å². The van der Waals surface area contributed by atoms with Crippen molar-refractivity contribution in [3.8, 4) is 16.9 Å². The SMILES string of the molecule is O=C(c1ccc(-c2ccc(O)cc2)cc1)N1C[C@@H]2CNC[C@@H]2[C@@H]1c1ccccc1. The van der Waals surface area contributed by atoms with Gasteiger partial charge in [-0.3, -0.25) is 4.79 Å². The van der Waals surface area contributed by atoms with E-state index >= 15 is 0 Å². The van der Waals surface area contributed by atoms with Gasteiger partial charge in [0.15, 0.2) is 0 Å². The molecule has 0 unspecified atom stereocenters. The minimum atomic E-state index is 0.102. The lowest BCUT2D eigenvalue weighted by Gasteiger charge is -2.28. The Morgan fingerprint density at radius 3 is 2.21 bits per heavy atom. The minimum Gasteiger partial charge on any atom is -0.508 e. The van der Waals surface area contributed by atoms with Crippen molar-refractivity contribution >= 4 is 5.91 Å². The van der Waals surface area contributed by atoms with Crippen LogP contribution in [0.25, 0.3) is 11.1 Å². The third kappa shape index (κ3) is 3.30. The highest BCUT2D eigenvalue weighted by atomic mass is 16.3. The van der Waals surface area contributed by atoms with Gasteiger partial charge in [0, 0.05) is 31.1 Å². The number of carbonyl (C=O) groups is 1. The van der Waals surface area contributed by atoms with Crippen molar-refractivity contribution in [2.24, 2.45) is 11.8 Å². The van der Waals surface area contributed by atoms with Crippen LogP contribution < -0.4 is 5.32 Å². The van der Waals surface area contributed by atoms with E-state index in [4.69, 9.17) is 0 Å². The van der Waals surface area contributed by atoms with Gasteiger partial charge in [0.1, 0.15) is 5.75 Å². The summed E-state index contributed by atoms with van der Waals surface area (Å²) in [7, 11) is 0. The predicted molar refractivity (Wildman–Crippen MR) is 114 cm³/mol. The lowest BCUT2D eigenvalue weighted by molar-refractivity contribution is 0.0714. The van der Waals surface area contributed by atoms with Gasteiger partial charge in [-0.2, -0.15) is 0 Å². The number of hydrogen-bond donors (Lipinski definition) is 2. The zero-order valence-electron chi connectivity index (χ0n) is 16.2. The first-order valence-corrected chi connectivity index (χ1v) is 10.2. The lowest BCUT2D eigenvalue weighted by Crippen LogP contribution is -2.34. The van der Waals surface area contributed by atoms with Crippen LogP contribution in [0.3, 0.4) is 0 Å². The summed E-state index contributed by atoms with van der Waals surface area (Å²) in [5.41, 5.74) is 3.99. The second-order valence-electron chi connectivity index (χ2n) is 8.02. The Morgan fingerprint density at radius 1 is 0.862 bits per heavy atom. The van der Waals surface area contributed by atoms with E-state index in [1.165, 1.54) is 5.56 Å². The van der Waals surface area contributed by atoms with E-state index in [1.807, 2.05) is 42.5 Å². The molecule has 4 nitrogen and oxygen atoms in total. The van der Waals surface area contributed by atoms with Crippen LogP contribution in [0.2, 0.25) is 0 Å². The van der Waals surface area contributed by atoms with Crippen molar-refractivity contribution in [2.45, 2.75) is 6.04 Å². The quantitative estimate of drug-likeness (QED) is 0.715. The second kappa shape index (κ2) is 7.37. The third-order valence-electron chi connectivity index (χ3n) is 6.30. The molecule has 2 heterocycles. The van der Waals surface area contributed by atoms with Gasteiger partial charge in [-0.15, -0.1) is 0 Å². The normalized spacial score (nSPS) is 23.2. The fourth-order valence-electron chi connectivity index (χ4n) is 4.83. The van der Waals surface area contributed by atoms with Crippen LogP contribution in [-0.2, 0) is 0 Å². The van der Waals surface area contributed by atoms with Gasteiger partial charge < -0.3 is 15.3 Å². The molecule has 1 amide bonds. The maximum Gasteiger partial charge on any atom is 0.254 e. The molecule has 2 N–H and O–H groups in total. The monoisotopic (exact) mass is 384 g/mol. The number of fused-ring (bicyclic) bond motifs is 1. The minimum absolute atomic E-state index is 0.102. The van der Waals surface area contributed by atoms with Gasteiger partial charge in [-0.25, -0.2) is 0 Å². The Balaban J connectivity index is 1.42. The van der Waals surface area contributed by atoms with Crippen LogP contribution in [0.15, 0.2) is 78.9 Å². The largest absolute Gasteiger partial charge is 0.508 e. The molecule has 2 saturated heterocycles. The van der Waals surface area contributed by atoms with Crippen LogP contribution >= 0.6 is 0 Å². The fourth-order valence-corrected chi connectivity index (χ4v) is 4.83. The topological polar surface area (TPSA) is 52.6 Å². The second-order valence-corrected chi connectivity index (χ2v) is 8.02. The predicted octanol–water partition coefficient (Wildman–Crippen LogP) is 4.09. The van der Waals surface area contributed by atoms with Crippen LogP contribution in [0.5, 0.6) is 5.75 Å². The highest BCUT2D eigenvalue weighted by Crippen LogP contribution is 2.43. The molecule has 2 aliphatic rings. The van der Waals surface area contributed by atoms with E-state index < -0.39 is 0 Å². The first kappa shape index (κ1) is 18.0. The fraction of sp³-hybridized carbons (Fsp3) is 0.240. The van der Waals surface area contributed by atoms with Crippen LogP contribution in [0.1, 0.15) is 22.0 Å². The zero-order valence-corrected chi connectivity index (χ0v) is 16.2. The summed E-state index contributed by atoms with van der Waals surface area (Å²) >= 11 is 0. The molecule has 0 bridgehead atoms. The van der Waals surface area contributed by atoms with Gasteiger partial charge in [0.2, 0.25) is 0 Å². The van der Waals surface area contributed by atoms with E-state index in [2.05, 4.69) is 34.5 Å². The average molecular weight is 384 g/mol. The summed E-state index contributed by atoms with van der Waals surface area (Å²) in [5.74, 6) is 1.34. The Morgan fingerprint density at radius 2 is 1.52 bits per heavy atom. The average Bonchev–Trinajstić information content (AvgIpc) is 3.36. The van der Waals surface area contributed by atoms with E-state index in [1.54, 1.807) is 12.1 Å². The van der Waals surface area contributed by atoms with Crippen LogP contribution in [0, 0.1) is 11.8 Å². The number of carbonyl (C=O) groups excluding carboxylic acids is 1. The Labute approximate surface area is 170 Å². The molecule has 146 valence electrons. The number of phenols is 1. The summed E-state index contributed by atoms with van der Waals surface area (Å²) < 4.78 is 0. The van der Waals surface area contributed by atoms with Crippen molar-refractivity contribution in [3.63, 3.8) is 0 Å². The highest BCUT2D eigenvalue weighted by Gasteiger charge is 2.46. The van der Waals surface area contributed by atoms with Crippen molar-refractivity contribution in [1.29, 1.82) is 0 Å². The molecule has 0 spiro atoms. The van der Waals surface area contributed by atoms with Crippen molar-refractivity contribution in [3.05, 3.63) is 90.0 Å². The Hall–Kier alpha value is -3.11. The molecule has 29 heavy (non-hydrogen) atoms. The summed E-state index contributed by atoms with van der Waals surface area (Å²) in [4.78, 5) is 15.5. The van der Waals surface area contributed by atoms with Crippen LogP contribution in [-0.4, -0.2) is 35.5 Å². The number of amides is 1. The molecular weight excluding hydrogens is 360 g/mol. The molecule has 0 radical (unpaired) electrons. The Bertz CT molecular complexity index is 999. The van der Waals surface area contributed by atoms with Crippen molar-refractivity contribution < 1.29 is 9.90 Å². The number of hydrogen-bond acceptors (Lipinski definition) is 3. The van der Waals surface area contributed by atoms with Crippen molar-refractivity contribution in [2.75, 3.05) is 19.6 Å². The molecular formula is C25H24N2O2. The number of aromatic hydroxyl groups is 1. The number of nitrogens with one attached hydrogen (secondary N) is 1. The number of nitrogens with zero attached hydrogens (tertiary/aromatic N) is 1. The number of rotatable bonds is 3. The highest BCUT2D eigenvalue weighted by molar-refractivity contribution is 5.95. The molecule has 3 aromatic rings. The van der Waals surface area contributed by atoms with E-state index in [9.17, 15) is 9.90 Å². The number of benzene rings is 3. The Kier molecular flexibility index (Phi) is 4.57. The zero-order chi connectivity index (χ0) is 19.8. The maximum absolute atomic E-state index is 13.4. The van der Waals surface area contributed by atoms with E-state index in [-0.39, 0.29) is 17.7 Å². The number of phenolic OH excluding ortho intramolecular Hbond substituents is 1. The third-order valence-corrected chi connectivity index (χ3v) is 6.30. The first-order chi connectivity index (χ1) is 14.2. The summed E-state index contributed by atoms with van der Waals surface area (Å²) in [6.07, 6.45) is 0. The van der Waals surface area contributed by atoms with E-state index in [0.29, 0.717) is 11.8 Å². The standard InChI is InChI=1S/C25H24N2O2/c28-22-12-10-18(11-13-22)17-6-8-20(9-7-17)25(29)27-16-21-14-26-15-23(21)24(27)19-4-2-1-3-5-19/h1-13,21,23-24,26,28H,14-16H2/t21-,23-,24-/m0/s1. The van der Waals surface area contributed by atoms with Crippen molar-refractivity contribution in [1.82, 2.24) is 10.2 Å². The molecule has 2 fully saturated rings. The van der Waals surface area contributed by atoms with Gasteiger partial charge in [-0.05, 0) is 46.9 Å². The lowest BCUT2D eigenvalue weighted by atomic mass is 9.89. The molecule has 0 aliphatic carbocycles. The van der Waals surface area contributed by atoms with E-state index in [0.717, 1.165) is 36.3 Å². The van der Waals surface area contributed by atoms with Gasteiger partial charge in [-0.1, -0.05) is 54.6 Å². The maximum atomic E-state index is 13.4. The molecule has 3 aromatic carbocycles.